The van der Waals surface area contributed by atoms with Gasteiger partial charge in [-0.15, -0.1) is 0 Å². The van der Waals surface area contributed by atoms with Crippen LogP contribution < -0.4 is 4.74 Å². The molecule has 3 heteroatoms. The summed E-state index contributed by atoms with van der Waals surface area (Å²) in [6.45, 7) is 2.08. The Hall–Kier alpha value is -1.98. The maximum Gasteiger partial charge on any atom is 0.146 e. The summed E-state index contributed by atoms with van der Waals surface area (Å²) in [6, 6.07) is 14.9. The van der Waals surface area contributed by atoms with E-state index in [-0.39, 0.29) is 0 Å². The van der Waals surface area contributed by atoms with Gasteiger partial charge in [0.05, 0.1) is 5.56 Å². The van der Waals surface area contributed by atoms with Crippen LogP contribution in [0.3, 0.4) is 0 Å². The lowest BCUT2D eigenvalue weighted by molar-refractivity contribution is 0.480. The van der Waals surface area contributed by atoms with Crippen LogP contribution in [0, 0.1) is 11.3 Å². The fourth-order valence-corrected chi connectivity index (χ4v) is 1.79. The Kier molecular flexibility index (Phi) is 3.86. The van der Waals surface area contributed by atoms with E-state index in [2.05, 4.69) is 13.0 Å². The van der Waals surface area contributed by atoms with Crippen LogP contribution in [0.25, 0.3) is 0 Å². The molecule has 0 N–H and O–H groups in total. The van der Waals surface area contributed by atoms with E-state index in [0.717, 1.165) is 6.42 Å². The highest BCUT2D eigenvalue weighted by Crippen LogP contribution is 2.28. The normalized spacial score (nSPS) is 9.83. The fraction of sp³-hybridized carbons (Fsp3) is 0.133. The molecular formula is C15H12ClNO. The van der Waals surface area contributed by atoms with Gasteiger partial charge in [-0.3, -0.25) is 0 Å². The van der Waals surface area contributed by atoms with Crippen molar-refractivity contribution < 1.29 is 4.74 Å². The minimum absolute atomic E-state index is 0.473. The number of hydrogen-bond donors (Lipinski definition) is 0. The average Bonchev–Trinajstić information content (AvgIpc) is 2.39. The van der Waals surface area contributed by atoms with Gasteiger partial charge in [-0.2, -0.15) is 5.26 Å². The number of nitrogens with zero attached hydrogens (tertiary/aromatic N) is 1. The molecule has 0 fully saturated rings. The molecule has 0 aliphatic carbocycles. The van der Waals surface area contributed by atoms with Gasteiger partial charge in [0.15, 0.2) is 0 Å². The molecule has 0 aliphatic rings. The first-order chi connectivity index (χ1) is 8.72. The molecule has 2 rings (SSSR count). The molecular weight excluding hydrogens is 246 g/mol. The molecule has 90 valence electrons. The van der Waals surface area contributed by atoms with Gasteiger partial charge in [0.25, 0.3) is 0 Å². The highest BCUT2D eigenvalue weighted by atomic mass is 35.5. The lowest BCUT2D eigenvalue weighted by atomic mass is 10.1. The first-order valence-electron chi connectivity index (χ1n) is 5.69. The molecule has 2 aromatic rings. The maximum atomic E-state index is 9.02. The summed E-state index contributed by atoms with van der Waals surface area (Å²) in [6.07, 6.45) is 0.942. The number of rotatable bonds is 3. The second-order valence-corrected chi connectivity index (χ2v) is 4.29. The summed E-state index contributed by atoms with van der Waals surface area (Å²) in [5, 5.41) is 9.57. The maximum absolute atomic E-state index is 9.02. The van der Waals surface area contributed by atoms with E-state index >= 15 is 0 Å². The minimum atomic E-state index is 0.473. The zero-order chi connectivity index (χ0) is 13.0. The summed E-state index contributed by atoms with van der Waals surface area (Å²) in [5.41, 5.74) is 1.66. The number of ether oxygens (including phenoxy) is 1. The van der Waals surface area contributed by atoms with E-state index in [0.29, 0.717) is 22.1 Å². The van der Waals surface area contributed by atoms with Gasteiger partial charge < -0.3 is 4.74 Å². The summed E-state index contributed by atoms with van der Waals surface area (Å²) >= 11 is 5.91. The van der Waals surface area contributed by atoms with E-state index in [1.54, 1.807) is 18.2 Å². The number of hydrogen-bond acceptors (Lipinski definition) is 2. The number of aryl methyl sites for hydroxylation is 1. The Balaban J connectivity index is 2.33. The lowest BCUT2D eigenvalue weighted by Gasteiger charge is -2.08. The molecule has 18 heavy (non-hydrogen) atoms. The molecule has 0 bridgehead atoms. The van der Waals surface area contributed by atoms with Crippen LogP contribution in [-0.2, 0) is 6.42 Å². The predicted octanol–water partition coefficient (Wildman–Crippen LogP) is 4.57. The average molecular weight is 258 g/mol. The first-order valence-corrected chi connectivity index (χ1v) is 6.07. The molecule has 0 aromatic heterocycles. The molecule has 0 saturated carbocycles. The SMILES string of the molecule is CCc1cccc(Oc2cc(Cl)ccc2C#N)c1. The van der Waals surface area contributed by atoms with Gasteiger partial charge in [-0.25, -0.2) is 0 Å². The van der Waals surface area contributed by atoms with Crippen molar-refractivity contribution in [3.8, 4) is 17.6 Å². The minimum Gasteiger partial charge on any atom is -0.456 e. The zero-order valence-electron chi connectivity index (χ0n) is 9.98. The number of benzene rings is 2. The first kappa shape index (κ1) is 12.5. The molecule has 0 radical (unpaired) electrons. The van der Waals surface area contributed by atoms with Gasteiger partial charge in [0.2, 0.25) is 0 Å². The van der Waals surface area contributed by atoms with Crippen molar-refractivity contribution in [2.45, 2.75) is 13.3 Å². The van der Waals surface area contributed by atoms with Crippen LogP contribution >= 0.6 is 11.6 Å². The van der Waals surface area contributed by atoms with Gasteiger partial charge in [0.1, 0.15) is 17.6 Å². The van der Waals surface area contributed by atoms with E-state index in [4.69, 9.17) is 21.6 Å². The largest absolute Gasteiger partial charge is 0.456 e. The Bertz CT molecular complexity index is 602. The molecule has 0 saturated heterocycles. The van der Waals surface area contributed by atoms with Gasteiger partial charge in [-0.05, 0) is 36.2 Å². The second-order valence-electron chi connectivity index (χ2n) is 3.86. The molecule has 0 spiro atoms. The quantitative estimate of drug-likeness (QED) is 0.807. The highest BCUT2D eigenvalue weighted by molar-refractivity contribution is 6.30. The third kappa shape index (κ3) is 2.82. The van der Waals surface area contributed by atoms with E-state index in [1.165, 1.54) is 5.56 Å². The number of halogens is 1. The summed E-state index contributed by atoms with van der Waals surface area (Å²) in [5.74, 6) is 1.20. The fourth-order valence-electron chi connectivity index (χ4n) is 1.63. The summed E-state index contributed by atoms with van der Waals surface area (Å²) < 4.78 is 5.72. The van der Waals surface area contributed by atoms with Crippen molar-refractivity contribution in [2.75, 3.05) is 0 Å². The Morgan fingerprint density at radius 3 is 2.78 bits per heavy atom. The summed E-state index contributed by atoms with van der Waals surface area (Å²) in [4.78, 5) is 0. The third-order valence-electron chi connectivity index (χ3n) is 2.60. The molecule has 0 amide bonds. The van der Waals surface area contributed by atoms with Gasteiger partial charge >= 0.3 is 0 Å². The Morgan fingerprint density at radius 1 is 1.22 bits per heavy atom. The highest BCUT2D eigenvalue weighted by Gasteiger charge is 2.06. The van der Waals surface area contributed by atoms with Crippen LogP contribution in [0.4, 0.5) is 0 Å². The van der Waals surface area contributed by atoms with E-state index in [1.807, 2.05) is 24.3 Å². The summed E-state index contributed by atoms with van der Waals surface area (Å²) in [7, 11) is 0. The molecule has 2 nitrogen and oxygen atoms in total. The van der Waals surface area contributed by atoms with E-state index < -0.39 is 0 Å². The standard InChI is InChI=1S/C15H12ClNO/c1-2-11-4-3-5-14(8-11)18-15-9-13(16)7-6-12(15)10-17/h3-9H,2H2,1H3. The predicted molar refractivity (Wildman–Crippen MR) is 72.1 cm³/mol. The molecule has 0 heterocycles. The third-order valence-corrected chi connectivity index (χ3v) is 2.83. The topological polar surface area (TPSA) is 33.0 Å². The molecule has 2 aromatic carbocycles. The van der Waals surface area contributed by atoms with E-state index in [9.17, 15) is 0 Å². The molecule has 0 unspecified atom stereocenters. The van der Waals surface area contributed by atoms with Crippen molar-refractivity contribution >= 4 is 11.6 Å². The van der Waals surface area contributed by atoms with Crippen molar-refractivity contribution in [3.05, 3.63) is 58.6 Å². The lowest BCUT2D eigenvalue weighted by Crippen LogP contribution is -1.89. The van der Waals surface area contributed by atoms with Crippen LogP contribution in [0.15, 0.2) is 42.5 Å². The van der Waals surface area contributed by atoms with Crippen molar-refractivity contribution in [3.63, 3.8) is 0 Å². The van der Waals surface area contributed by atoms with Crippen LogP contribution in [0.5, 0.6) is 11.5 Å². The monoisotopic (exact) mass is 257 g/mol. The Morgan fingerprint density at radius 2 is 2.06 bits per heavy atom. The van der Waals surface area contributed by atoms with Gasteiger partial charge in [0, 0.05) is 11.1 Å². The van der Waals surface area contributed by atoms with Crippen LogP contribution in [-0.4, -0.2) is 0 Å². The number of nitriles is 1. The van der Waals surface area contributed by atoms with Crippen molar-refractivity contribution in [1.29, 1.82) is 5.26 Å². The van der Waals surface area contributed by atoms with Crippen LogP contribution in [0.1, 0.15) is 18.1 Å². The Labute approximate surface area is 111 Å². The zero-order valence-corrected chi connectivity index (χ0v) is 10.7. The molecule has 0 atom stereocenters. The smallest absolute Gasteiger partial charge is 0.146 e. The van der Waals surface area contributed by atoms with Crippen molar-refractivity contribution in [1.82, 2.24) is 0 Å². The second kappa shape index (κ2) is 5.57. The van der Waals surface area contributed by atoms with Gasteiger partial charge in [-0.1, -0.05) is 30.7 Å². The molecule has 0 aliphatic heterocycles. The van der Waals surface area contributed by atoms with Crippen molar-refractivity contribution in [2.24, 2.45) is 0 Å². The van der Waals surface area contributed by atoms with Crippen LogP contribution in [0.2, 0.25) is 5.02 Å².